The molecule has 0 amide bonds. The molecule has 108 valence electrons. The molecule has 4 rings (SSSR count). The summed E-state index contributed by atoms with van der Waals surface area (Å²) in [7, 11) is 0. The molecule has 0 radical (unpaired) electrons. The van der Waals surface area contributed by atoms with Gasteiger partial charge < -0.3 is 21.1 Å². The molecule has 1 aromatic rings. The van der Waals surface area contributed by atoms with Crippen LogP contribution in [-0.4, -0.2) is 41.7 Å². The molecule has 5 nitrogen and oxygen atoms in total. The molecular weight excluding hydrogens is 278 g/mol. The van der Waals surface area contributed by atoms with Crippen molar-refractivity contribution in [3.05, 3.63) is 22.7 Å². The lowest BCUT2D eigenvalue weighted by molar-refractivity contribution is 0.0697. The van der Waals surface area contributed by atoms with Crippen LogP contribution in [0.2, 0.25) is 5.02 Å². The molecule has 3 heterocycles. The Morgan fingerprint density at radius 2 is 2.10 bits per heavy atom. The van der Waals surface area contributed by atoms with Gasteiger partial charge in [0.15, 0.2) is 0 Å². The van der Waals surface area contributed by atoms with Gasteiger partial charge >= 0.3 is 5.97 Å². The molecule has 1 aromatic carbocycles. The minimum absolute atomic E-state index is 0.145. The van der Waals surface area contributed by atoms with Gasteiger partial charge in [-0.1, -0.05) is 11.6 Å². The van der Waals surface area contributed by atoms with Crippen LogP contribution in [0, 0.1) is 5.92 Å². The smallest absolute Gasteiger partial charge is 0.337 e. The second-order valence-electron chi connectivity index (χ2n) is 5.62. The number of benzene rings is 1. The SMILES string of the molecule is Nc1cc(Cl)c(NC2CN3CCC2CC3)c(C(=O)O)c1. The van der Waals surface area contributed by atoms with E-state index in [1.54, 1.807) is 6.07 Å². The van der Waals surface area contributed by atoms with Crippen molar-refractivity contribution in [2.45, 2.75) is 18.9 Å². The molecule has 3 aliphatic heterocycles. The fraction of sp³-hybridized carbons (Fsp3) is 0.500. The monoisotopic (exact) mass is 295 g/mol. The zero-order chi connectivity index (χ0) is 14.3. The summed E-state index contributed by atoms with van der Waals surface area (Å²) >= 11 is 6.18. The van der Waals surface area contributed by atoms with Gasteiger partial charge in [0.2, 0.25) is 0 Å². The van der Waals surface area contributed by atoms with Gasteiger partial charge in [0, 0.05) is 18.3 Å². The molecule has 6 heteroatoms. The van der Waals surface area contributed by atoms with Gasteiger partial charge in [-0.15, -0.1) is 0 Å². The van der Waals surface area contributed by atoms with Crippen LogP contribution in [-0.2, 0) is 0 Å². The molecule has 3 fully saturated rings. The lowest BCUT2D eigenvalue weighted by atomic mass is 9.84. The zero-order valence-electron chi connectivity index (χ0n) is 11.1. The van der Waals surface area contributed by atoms with E-state index in [1.165, 1.54) is 6.07 Å². The third-order valence-corrected chi connectivity index (χ3v) is 4.63. The molecule has 1 atom stereocenters. The maximum Gasteiger partial charge on any atom is 0.337 e. The quantitative estimate of drug-likeness (QED) is 0.745. The van der Waals surface area contributed by atoms with Gasteiger partial charge in [0.05, 0.1) is 16.3 Å². The number of anilines is 2. The Labute approximate surface area is 122 Å². The Bertz CT molecular complexity index is 541. The molecule has 1 unspecified atom stereocenters. The molecule has 20 heavy (non-hydrogen) atoms. The maximum atomic E-state index is 11.4. The van der Waals surface area contributed by atoms with Gasteiger partial charge in [-0.3, -0.25) is 0 Å². The number of nitrogens with one attached hydrogen (secondary N) is 1. The molecular formula is C14H18ClN3O2. The highest BCUT2D eigenvalue weighted by Gasteiger charge is 2.34. The minimum Gasteiger partial charge on any atom is -0.478 e. The van der Waals surface area contributed by atoms with E-state index in [1.807, 2.05) is 0 Å². The Kier molecular flexibility index (Phi) is 3.48. The average Bonchev–Trinajstić information content (AvgIpc) is 2.42. The van der Waals surface area contributed by atoms with Crippen LogP contribution in [0.5, 0.6) is 0 Å². The van der Waals surface area contributed by atoms with Crippen LogP contribution in [0.25, 0.3) is 0 Å². The van der Waals surface area contributed by atoms with Gasteiger partial charge in [0.25, 0.3) is 0 Å². The first-order chi connectivity index (χ1) is 9.54. The fourth-order valence-corrected chi connectivity index (χ4v) is 3.54. The van der Waals surface area contributed by atoms with Crippen molar-refractivity contribution in [1.29, 1.82) is 0 Å². The highest BCUT2D eigenvalue weighted by Crippen LogP contribution is 2.34. The van der Waals surface area contributed by atoms with Crippen LogP contribution >= 0.6 is 11.6 Å². The van der Waals surface area contributed by atoms with Crippen molar-refractivity contribution in [1.82, 2.24) is 4.90 Å². The summed E-state index contributed by atoms with van der Waals surface area (Å²) in [6.07, 6.45) is 2.32. The van der Waals surface area contributed by atoms with E-state index in [0.717, 1.165) is 32.5 Å². The van der Waals surface area contributed by atoms with E-state index in [9.17, 15) is 9.90 Å². The Hall–Kier alpha value is -1.46. The first kappa shape index (κ1) is 13.5. The van der Waals surface area contributed by atoms with Gasteiger partial charge in [0.1, 0.15) is 0 Å². The number of carbonyl (C=O) groups is 1. The number of halogens is 1. The zero-order valence-corrected chi connectivity index (χ0v) is 11.9. The normalized spacial score (nSPS) is 28.4. The van der Waals surface area contributed by atoms with E-state index >= 15 is 0 Å². The van der Waals surface area contributed by atoms with Gasteiger partial charge in [-0.25, -0.2) is 4.79 Å². The second kappa shape index (κ2) is 5.14. The third-order valence-electron chi connectivity index (χ3n) is 4.33. The number of rotatable bonds is 3. The molecule has 3 aliphatic rings. The van der Waals surface area contributed by atoms with Crippen molar-refractivity contribution in [2.75, 3.05) is 30.7 Å². The first-order valence-electron chi connectivity index (χ1n) is 6.86. The number of nitrogens with two attached hydrogens (primary N) is 1. The number of carboxylic acids is 1. The van der Waals surface area contributed by atoms with Crippen molar-refractivity contribution in [3.63, 3.8) is 0 Å². The van der Waals surface area contributed by atoms with E-state index in [2.05, 4.69) is 10.2 Å². The van der Waals surface area contributed by atoms with Gasteiger partial charge in [-0.2, -0.15) is 0 Å². The van der Waals surface area contributed by atoms with Gasteiger partial charge in [-0.05, 0) is 44.0 Å². The van der Waals surface area contributed by atoms with E-state index in [0.29, 0.717) is 22.3 Å². The standard InChI is InChI=1S/C14H18ClN3O2/c15-11-6-9(16)5-10(14(19)20)13(11)17-12-7-18-3-1-8(12)2-4-18/h5-6,8,12,17H,1-4,7,16H2,(H,19,20). The lowest BCUT2D eigenvalue weighted by Gasteiger charge is -2.45. The summed E-state index contributed by atoms with van der Waals surface area (Å²) in [4.78, 5) is 13.8. The molecule has 0 spiro atoms. The lowest BCUT2D eigenvalue weighted by Crippen LogP contribution is -2.53. The van der Waals surface area contributed by atoms with Crippen molar-refractivity contribution >= 4 is 28.9 Å². The summed E-state index contributed by atoms with van der Waals surface area (Å²) in [5, 5.41) is 13.0. The minimum atomic E-state index is -1.01. The number of piperidine rings is 3. The Morgan fingerprint density at radius 1 is 1.40 bits per heavy atom. The van der Waals surface area contributed by atoms with E-state index < -0.39 is 5.97 Å². The summed E-state index contributed by atoms with van der Waals surface area (Å²) in [5.41, 5.74) is 6.68. The second-order valence-corrected chi connectivity index (χ2v) is 6.03. The molecule has 0 aromatic heterocycles. The summed E-state index contributed by atoms with van der Waals surface area (Å²) < 4.78 is 0. The number of nitrogens with zero attached hydrogens (tertiary/aromatic N) is 1. The van der Waals surface area contributed by atoms with Crippen LogP contribution in [0.4, 0.5) is 11.4 Å². The number of fused-ring (bicyclic) bond motifs is 3. The largest absolute Gasteiger partial charge is 0.478 e. The Balaban J connectivity index is 1.88. The number of nitrogen functional groups attached to an aromatic ring is 1. The van der Waals surface area contributed by atoms with Crippen LogP contribution in [0.3, 0.4) is 0 Å². The molecule has 3 saturated heterocycles. The predicted molar refractivity (Wildman–Crippen MR) is 79.4 cm³/mol. The summed E-state index contributed by atoms with van der Waals surface area (Å²) in [6, 6.07) is 3.31. The molecule has 2 bridgehead atoms. The Morgan fingerprint density at radius 3 is 2.65 bits per heavy atom. The average molecular weight is 296 g/mol. The third kappa shape index (κ3) is 2.43. The van der Waals surface area contributed by atoms with E-state index in [-0.39, 0.29) is 11.6 Å². The summed E-state index contributed by atoms with van der Waals surface area (Å²) in [5.74, 6) is -0.418. The number of carboxylic acid groups (broad SMARTS) is 1. The molecule has 0 saturated carbocycles. The van der Waals surface area contributed by atoms with Crippen LogP contribution < -0.4 is 11.1 Å². The van der Waals surface area contributed by atoms with Crippen molar-refractivity contribution in [3.8, 4) is 0 Å². The fourth-order valence-electron chi connectivity index (χ4n) is 3.26. The topological polar surface area (TPSA) is 78.6 Å². The van der Waals surface area contributed by atoms with Crippen LogP contribution in [0.15, 0.2) is 12.1 Å². The predicted octanol–water partition coefficient (Wildman–Crippen LogP) is 2.13. The highest BCUT2D eigenvalue weighted by molar-refractivity contribution is 6.34. The first-order valence-corrected chi connectivity index (χ1v) is 7.23. The van der Waals surface area contributed by atoms with Crippen LogP contribution in [0.1, 0.15) is 23.2 Å². The van der Waals surface area contributed by atoms with Crippen molar-refractivity contribution in [2.24, 2.45) is 5.92 Å². The highest BCUT2D eigenvalue weighted by atomic mass is 35.5. The summed E-state index contributed by atoms with van der Waals surface area (Å²) in [6.45, 7) is 3.23. The number of hydrogen-bond donors (Lipinski definition) is 3. The van der Waals surface area contributed by atoms with E-state index in [4.69, 9.17) is 17.3 Å². The number of aromatic carboxylic acids is 1. The molecule has 0 aliphatic carbocycles. The molecule has 4 N–H and O–H groups in total. The van der Waals surface area contributed by atoms with Crippen molar-refractivity contribution < 1.29 is 9.90 Å². The maximum absolute atomic E-state index is 11.4. The number of hydrogen-bond acceptors (Lipinski definition) is 4.